The zero-order valence-electron chi connectivity index (χ0n) is 14.3. The molecule has 5 heteroatoms. The molecule has 4 atom stereocenters. The summed E-state index contributed by atoms with van der Waals surface area (Å²) in [5, 5.41) is 2.03. The summed E-state index contributed by atoms with van der Waals surface area (Å²) in [5.74, 6) is -0.261. The molecule has 0 radical (unpaired) electrons. The van der Waals surface area contributed by atoms with Crippen molar-refractivity contribution in [3.8, 4) is 5.75 Å². The number of amides is 2. The lowest BCUT2D eigenvalue weighted by Gasteiger charge is -2.19. The van der Waals surface area contributed by atoms with Crippen molar-refractivity contribution in [2.45, 2.75) is 19.3 Å². The van der Waals surface area contributed by atoms with Crippen LogP contribution in [-0.2, 0) is 14.4 Å². The molecule has 5 rings (SSSR count). The predicted octanol–water partition coefficient (Wildman–Crippen LogP) is 2.78. The van der Waals surface area contributed by atoms with Crippen LogP contribution in [0, 0.1) is 23.7 Å². The van der Waals surface area contributed by atoms with Crippen molar-refractivity contribution < 1.29 is 19.1 Å². The second-order valence-electron chi connectivity index (χ2n) is 7.63. The van der Waals surface area contributed by atoms with Gasteiger partial charge in [0.1, 0.15) is 12.3 Å². The Morgan fingerprint density at radius 1 is 0.962 bits per heavy atom. The Bertz CT molecular complexity index is 909. The second-order valence-corrected chi connectivity index (χ2v) is 7.63. The van der Waals surface area contributed by atoms with Crippen molar-refractivity contribution in [1.29, 1.82) is 0 Å². The average molecular weight is 349 g/mol. The molecule has 2 aromatic carbocycles. The van der Waals surface area contributed by atoms with Gasteiger partial charge in [-0.15, -0.1) is 0 Å². The van der Waals surface area contributed by atoms with E-state index in [2.05, 4.69) is 0 Å². The van der Waals surface area contributed by atoms with Crippen LogP contribution >= 0.6 is 0 Å². The van der Waals surface area contributed by atoms with E-state index in [1.54, 1.807) is 12.1 Å². The highest BCUT2D eigenvalue weighted by Crippen LogP contribution is 2.56. The van der Waals surface area contributed by atoms with Crippen molar-refractivity contribution in [3.63, 3.8) is 0 Å². The van der Waals surface area contributed by atoms with Gasteiger partial charge in [-0.25, -0.2) is 4.79 Å². The Morgan fingerprint density at radius 3 is 2.31 bits per heavy atom. The van der Waals surface area contributed by atoms with E-state index in [0.29, 0.717) is 17.6 Å². The highest BCUT2D eigenvalue weighted by molar-refractivity contribution is 6.07. The largest absolute Gasteiger partial charge is 0.425 e. The molecular weight excluding hydrogens is 330 g/mol. The highest BCUT2D eigenvalue weighted by atomic mass is 16.5. The van der Waals surface area contributed by atoms with E-state index < -0.39 is 5.97 Å². The normalized spacial score (nSPS) is 29.5. The minimum atomic E-state index is -0.575. The van der Waals surface area contributed by atoms with Crippen LogP contribution in [0.5, 0.6) is 5.75 Å². The zero-order chi connectivity index (χ0) is 17.8. The number of carbonyl (C=O) groups excluding carboxylic acids is 3. The van der Waals surface area contributed by atoms with Gasteiger partial charge in [-0.1, -0.05) is 30.3 Å². The minimum Gasteiger partial charge on any atom is -0.425 e. The molecule has 0 spiro atoms. The van der Waals surface area contributed by atoms with Gasteiger partial charge in [-0.3, -0.25) is 14.5 Å². The molecule has 1 heterocycles. The quantitative estimate of drug-likeness (QED) is 0.486. The number of esters is 1. The monoisotopic (exact) mass is 349 g/mol. The lowest BCUT2D eigenvalue weighted by atomic mass is 9.81. The number of imide groups is 1. The SMILES string of the molecule is O=C(CN1C(=O)[C@@H]2[C@@H]3CC[C@@H](C3)[C@@H]2C1=O)Oc1ccc2ccccc2c1. The van der Waals surface area contributed by atoms with Crippen molar-refractivity contribution in [1.82, 2.24) is 4.90 Å². The first kappa shape index (κ1) is 15.6. The van der Waals surface area contributed by atoms with Crippen LogP contribution in [0.1, 0.15) is 19.3 Å². The fraction of sp³-hybridized carbons (Fsp3) is 0.381. The summed E-state index contributed by atoms with van der Waals surface area (Å²) in [5.41, 5.74) is 0. The second kappa shape index (κ2) is 5.66. The maximum absolute atomic E-state index is 12.6. The molecule has 2 bridgehead atoms. The molecule has 0 aromatic heterocycles. The van der Waals surface area contributed by atoms with Gasteiger partial charge in [0.2, 0.25) is 11.8 Å². The Labute approximate surface area is 150 Å². The summed E-state index contributed by atoms with van der Waals surface area (Å²) < 4.78 is 5.39. The third-order valence-corrected chi connectivity index (χ3v) is 6.26. The van der Waals surface area contributed by atoms with Crippen LogP contribution in [0.4, 0.5) is 0 Å². The topological polar surface area (TPSA) is 63.7 Å². The van der Waals surface area contributed by atoms with Gasteiger partial charge in [-0.2, -0.15) is 0 Å². The lowest BCUT2D eigenvalue weighted by Crippen LogP contribution is -2.38. The molecule has 0 N–H and O–H groups in total. The van der Waals surface area contributed by atoms with Gasteiger partial charge in [0, 0.05) is 0 Å². The van der Waals surface area contributed by atoms with Crippen molar-refractivity contribution in [2.75, 3.05) is 6.54 Å². The standard InChI is InChI=1S/C21H19NO4/c23-17(26-16-8-7-12-3-1-2-4-13(12)10-16)11-22-20(24)18-14-5-6-15(9-14)19(18)21(22)25/h1-4,7-8,10,14-15,18-19H,5-6,9,11H2/t14-,15+,18-,19+. The van der Waals surface area contributed by atoms with Gasteiger partial charge in [0.25, 0.3) is 0 Å². The number of hydrogen-bond acceptors (Lipinski definition) is 4. The molecule has 132 valence electrons. The fourth-order valence-corrected chi connectivity index (χ4v) is 5.15. The summed E-state index contributed by atoms with van der Waals surface area (Å²) in [4.78, 5) is 38.7. The van der Waals surface area contributed by atoms with Crippen molar-refractivity contribution in [2.24, 2.45) is 23.7 Å². The van der Waals surface area contributed by atoms with Gasteiger partial charge in [0.15, 0.2) is 0 Å². The summed E-state index contributed by atoms with van der Waals surface area (Å²) in [7, 11) is 0. The summed E-state index contributed by atoms with van der Waals surface area (Å²) in [6, 6.07) is 13.2. The third kappa shape index (κ3) is 2.26. The van der Waals surface area contributed by atoms with E-state index in [1.807, 2.05) is 30.3 Å². The maximum Gasteiger partial charge on any atom is 0.331 e. The smallest absolute Gasteiger partial charge is 0.331 e. The molecule has 2 saturated carbocycles. The third-order valence-electron chi connectivity index (χ3n) is 6.26. The summed E-state index contributed by atoms with van der Waals surface area (Å²) >= 11 is 0. The number of fused-ring (bicyclic) bond motifs is 6. The van der Waals surface area contributed by atoms with Crippen LogP contribution in [0.25, 0.3) is 10.8 Å². The van der Waals surface area contributed by atoms with Crippen LogP contribution in [-0.4, -0.2) is 29.2 Å². The number of hydrogen-bond donors (Lipinski definition) is 0. The van der Waals surface area contributed by atoms with E-state index in [4.69, 9.17) is 4.74 Å². The van der Waals surface area contributed by atoms with Gasteiger partial charge in [0.05, 0.1) is 11.8 Å². The fourth-order valence-electron chi connectivity index (χ4n) is 5.15. The number of ether oxygens (including phenoxy) is 1. The first-order chi connectivity index (χ1) is 12.6. The van der Waals surface area contributed by atoms with Crippen molar-refractivity contribution >= 4 is 28.6 Å². The molecule has 2 aromatic rings. The number of benzene rings is 2. The molecule has 0 unspecified atom stereocenters. The van der Waals surface area contributed by atoms with Crippen LogP contribution in [0.3, 0.4) is 0 Å². The van der Waals surface area contributed by atoms with Gasteiger partial charge < -0.3 is 4.74 Å². The average Bonchev–Trinajstić information content (AvgIpc) is 3.32. The van der Waals surface area contributed by atoms with Crippen molar-refractivity contribution in [3.05, 3.63) is 42.5 Å². The molecule has 1 saturated heterocycles. The van der Waals surface area contributed by atoms with E-state index in [0.717, 1.165) is 34.9 Å². The maximum atomic E-state index is 12.6. The Hall–Kier alpha value is -2.69. The molecule has 26 heavy (non-hydrogen) atoms. The zero-order valence-corrected chi connectivity index (χ0v) is 14.3. The van der Waals surface area contributed by atoms with E-state index in [1.165, 1.54) is 0 Å². The summed E-state index contributed by atoms with van der Waals surface area (Å²) in [6.45, 7) is -0.295. The first-order valence-corrected chi connectivity index (χ1v) is 9.16. The number of nitrogens with zero attached hydrogens (tertiary/aromatic N) is 1. The number of likely N-dealkylation sites (tertiary alicyclic amines) is 1. The molecular formula is C21H19NO4. The van der Waals surface area contributed by atoms with Gasteiger partial charge >= 0.3 is 5.97 Å². The van der Waals surface area contributed by atoms with Gasteiger partial charge in [-0.05, 0) is 54.0 Å². The predicted molar refractivity (Wildman–Crippen MR) is 94.1 cm³/mol. The Kier molecular flexibility index (Phi) is 3.39. The molecule has 1 aliphatic heterocycles. The summed E-state index contributed by atoms with van der Waals surface area (Å²) in [6.07, 6.45) is 3.04. The van der Waals surface area contributed by atoms with E-state index in [-0.39, 0.29) is 30.2 Å². The molecule has 2 amide bonds. The molecule has 3 fully saturated rings. The van der Waals surface area contributed by atoms with Crippen LogP contribution in [0.2, 0.25) is 0 Å². The first-order valence-electron chi connectivity index (χ1n) is 9.16. The highest BCUT2D eigenvalue weighted by Gasteiger charge is 2.61. The van der Waals surface area contributed by atoms with Crippen LogP contribution in [0.15, 0.2) is 42.5 Å². The molecule has 3 aliphatic rings. The number of carbonyl (C=O) groups is 3. The Morgan fingerprint density at radius 2 is 1.62 bits per heavy atom. The molecule has 5 nitrogen and oxygen atoms in total. The molecule has 2 aliphatic carbocycles. The number of rotatable bonds is 3. The van der Waals surface area contributed by atoms with E-state index >= 15 is 0 Å². The Balaban J connectivity index is 1.31. The lowest BCUT2D eigenvalue weighted by molar-refractivity contribution is -0.148. The van der Waals surface area contributed by atoms with Crippen LogP contribution < -0.4 is 4.74 Å². The minimum absolute atomic E-state index is 0.178. The van der Waals surface area contributed by atoms with E-state index in [9.17, 15) is 14.4 Å².